The van der Waals surface area contributed by atoms with Crippen LogP contribution in [-0.2, 0) is 5.60 Å². The molecule has 2 heterocycles. The van der Waals surface area contributed by atoms with Gasteiger partial charge in [0.25, 0.3) is 5.91 Å². The highest BCUT2D eigenvalue weighted by Gasteiger charge is 2.40. The predicted octanol–water partition coefficient (Wildman–Crippen LogP) is 2.82. The van der Waals surface area contributed by atoms with Gasteiger partial charge in [0.05, 0.1) is 19.3 Å². The molecule has 6 nitrogen and oxygen atoms in total. The van der Waals surface area contributed by atoms with Gasteiger partial charge in [-0.3, -0.25) is 9.89 Å². The first-order chi connectivity index (χ1) is 13.1. The number of ether oxygens (including phenoxy) is 1. The predicted molar refractivity (Wildman–Crippen MR) is 101 cm³/mol. The Morgan fingerprint density at radius 3 is 2.70 bits per heavy atom. The highest BCUT2D eigenvalue weighted by Crippen LogP contribution is 2.33. The van der Waals surface area contributed by atoms with Crippen LogP contribution in [0, 0.1) is 0 Å². The lowest BCUT2D eigenvalue weighted by molar-refractivity contribution is 0.0415. The van der Waals surface area contributed by atoms with Crippen molar-refractivity contribution in [2.75, 3.05) is 20.2 Å². The van der Waals surface area contributed by atoms with E-state index >= 15 is 0 Å². The Labute approximate surface area is 157 Å². The largest absolute Gasteiger partial charge is 0.496 e. The van der Waals surface area contributed by atoms with Gasteiger partial charge < -0.3 is 14.7 Å². The number of benzene rings is 2. The Bertz CT molecular complexity index is 954. The molecule has 1 fully saturated rings. The number of nitrogens with one attached hydrogen (secondary N) is 1. The summed E-state index contributed by atoms with van der Waals surface area (Å²) in [7, 11) is 1.60. The molecule has 1 unspecified atom stereocenters. The number of aromatic amines is 1. The maximum atomic E-state index is 12.9. The molecule has 6 heteroatoms. The molecule has 2 aromatic carbocycles. The Morgan fingerprint density at radius 2 is 1.93 bits per heavy atom. The van der Waals surface area contributed by atoms with Crippen molar-refractivity contribution in [3.63, 3.8) is 0 Å². The zero-order valence-electron chi connectivity index (χ0n) is 15.1. The molecule has 3 aromatic rings. The first-order valence-corrected chi connectivity index (χ1v) is 8.87. The summed E-state index contributed by atoms with van der Waals surface area (Å²) >= 11 is 0. The van der Waals surface area contributed by atoms with Crippen LogP contribution in [0.2, 0.25) is 0 Å². The Hall–Kier alpha value is -3.12. The normalized spacial score (nSPS) is 19.3. The van der Waals surface area contributed by atoms with Gasteiger partial charge >= 0.3 is 0 Å². The maximum absolute atomic E-state index is 12.9. The average Bonchev–Trinajstić information content (AvgIpc) is 3.36. The Morgan fingerprint density at radius 1 is 1.19 bits per heavy atom. The number of hydrogen-bond acceptors (Lipinski definition) is 4. The van der Waals surface area contributed by atoms with Crippen LogP contribution in [0.3, 0.4) is 0 Å². The summed E-state index contributed by atoms with van der Waals surface area (Å²) in [4.78, 5) is 14.5. The zero-order chi connectivity index (χ0) is 18.9. The number of β-amino-alcohol motifs (C(OH)–C–C–N with tert-alkyl or cyclic N) is 1. The number of nitrogens with zero attached hydrogens (tertiary/aromatic N) is 2. The molecule has 1 aliphatic heterocycles. The van der Waals surface area contributed by atoms with Gasteiger partial charge in [-0.2, -0.15) is 5.10 Å². The van der Waals surface area contributed by atoms with E-state index in [1.807, 2.05) is 54.6 Å². The standard InChI is InChI=1S/C21H21N3O3/c1-27-19-10-6-5-9-16(19)17-13-18(23-22-17)20(25)24-12-11-21(26,14-24)15-7-3-2-4-8-15/h2-10,13,26H,11-12,14H2,1H3,(H,22,23). The molecule has 2 N–H and O–H groups in total. The van der Waals surface area contributed by atoms with Crippen molar-refractivity contribution >= 4 is 5.91 Å². The summed E-state index contributed by atoms with van der Waals surface area (Å²) in [6, 6.07) is 18.7. The van der Waals surface area contributed by atoms with Crippen LogP contribution in [-0.4, -0.2) is 46.3 Å². The molecule has 0 radical (unpaired) electrons. The molecule has 1 aromatic heterocycles. The molecule has 27 heavy (non-hydrogen) atoms. The van der Waals surface area contributed by atoms with Gasteiger partial charge in [0.15, 0.2) is 0 Å². The molecule has 0 saturated carbocycles. The minimum absolute atomic E-state index is 0.171. The van der Waals surface area contributed by atoms with Crippen molar-refractivity contribution in [2.45, 2.75) is 12.0 Å². The van der Waals surface area contributed by atoms with Crippen LogP contribution in [0.4, 0.5) is 0 Å². The van der Waals surface area contributed by atoms with E-state index in [1.54, 1.807) is 18.1 Å². The topological polar surface area (TPSA) is 78.5 Å². The van der Waals surface area contributed by atoms with Gasteiger partial charge in [-0.1, -0.05) is 42.5 Å². The number of para-hydroxylation sites is 1. The number of aliphatic hydroxyl groups is 1. The third kappa shape index (κ3) is 3.19. The number of carbonyl (C=O) groups excluding carboxylic acids is 1. The third-order valence-electron chi connectivity index (χ3n) is 5.04. The van der Waals surface area contributed by atoms with E-state index in [2.05, 4.69) is 10.2 Å². The first-order valence-electron chi connectivity index (χ1n) is 8.87. The monoisotopic (exact) mass is 363 g/mol. The second-order valence-corrected chi connectivity index (χ2v) is 6.74. The number of hydrogen-bond donors (Lipinski definition) is 2. The lowest BCUT2D eigenvalue weighted by Crippen LogP contribution is -2.34. The second-order valence-electron chi connectivity index (χ2n) is 6.74. The number of carbonyl (C=O) groups is 1. The van der Waals surface area contributed by atoms with Crippen LogP contribution in [0.1, 0.15) is 22.5 Å². The van der Waals surface area contributed by atoms with E-state index < -0.39 is 5.60 Å². The average molecular weight is 363 g/mol. The minimum atomic E-state index is -1.01. The molecule has 1 amide bonds. The summed E-state index contributed by atoms with van der Waals surface area (Å²) < 4.78 is 5.36. The van der Waals surface area contributed by atoms with Crippen LogP contribution < -0.4 is 4.74 Å². The molecular formula is C21H21N3O3. The smallest absolute Gasteiger partial charge is 0.271 e. The number of H-pyrrole nitrogens is 1. The van der Waals surface area contributed by atoms with Gasteiger partial charge in [-0.05, 0) is 30.2 Å². The van der Waals surface area contributed by atoms with Gasteiger partial charge in [0, 0.05) is 12.1 Å². The van der Waals surface area contributed by atoms with Crippen molar-refractivity contribution in [1.29, 1.82) is 0 Å². The SMILES string of the molecule is COc1ccccc1-c1cc(C(=O)N2CCC(O)(c3ccccc3)C2)[nH]n1. The van der Waals surface area contributed by atoms with E-state index in [0.29, 0.717) is 30.1 Å². The van der Waals surface area contributed by atoms with E-state index in [1.165, 1.54) is 0 Å². The molecule has 0 bridgehead atoms. The van der Waals surface area contributed by atoms with Crippen molar-refractivity contribution in [2.24, 2.45) is 0 Å². The van der Waals surface area contributed by atoms with E-state index in [9.17, 15) is 9.90 Å². The fourth-order valence-corrected chi connectivity index (χ4v) is 3.55. The molecule has 1 saturated heterocycles. The second kappa shape index (κ2) is 6.89. The number of rotatable bonds is 4. The zero-order valence-corrected chi connectivity index (χ0v) is 15.1. The lowest BCUT2D eigenvalue weighted by Gasteiger charge is -2.23. The minimum Gasteiger partial charge on any atom is -0.496 e. The number of aromatic nitrogens is 2. The van der Waals surface area contributed by atoms with E-state index in [-0.39, 0.29) is 12.5 Å². The molecular weight excluding hydrogens is 342 g/mol. The Balaban J connectivity index is 1.54. The van der Waals surface area contributed by atoms with Gasteiger partial charge in [0.2, 0.25) is 0 Å². The van der Waals surface area contributed by atoms with Crippen molar-refractivity contribution in [3.8, 4) is 17.0 Å². The summed E-state index contributed by atoms with van der Waals surface area (Å²) in [5.74, 6) is 0.526. The quantitative estimate of drug-likeness (QED) is 0.747. The van der Waals surface area contributed by atoms with E-state index in [0.717, 1.165) is 11.1 Å². The van der Waals surface area contributed by atoms with Crippen molar-refractivity contribution in [1.82, 2.24) is 15.1 Å². The van der Waals surface area contributed by atoms with E-state index in [4.69, 9.17) is 4.74 Å². The van der Waals surface area contributed by atoms with Crippen LogP contribution >= 0.6 is 0 Å². The number of amides is 1. The molecule has 4 rings (SSSR count). The molecule has 1 aliphatic rings. The molecule has 138 valence electrons. The Kier molecular flexibility index (Phi) is 4.41. The fraction of sp³-hybridized carbons (Fsp3) is 0.238. The van der Waals surface area contributed by atoms with Gasteiger partial charge in [-0.15, -0.1) is 0 Å². The maximum Gasteiger partial charge on any atom is 0.271 e. The molecule has 0 spiro atoms. The van der Waals surface area contributed by atoms with Crippen LogP contribution in [0.5, 0.6) is 5.75 Å². The molecule has 0 aliphatic carbocycles. The van der Waals surface area contributed by atoms with Crippen LogP contribution in [0.15, 0.2) is 60.7 Å². The third-order valence-corrected chi connectivity index (χ3v) is 5.04. The highest BCUT2D eigenvalue weighted by atomic mass is 16.5. The van der Waals surface area contributed by atoms with Crippen LogP contribution in [0.25, 0.3) is 11.3 Å². The fourth-order valence-electron chi connectivity index (χ4n) is 3.55. The summed E-state index contributed by atoms with van der Waals surface area (Å²) in [5, 5.41) is 18.0. The van der Waals surface area contributed by atoms with Gasteiger partial charge in [0.1, 0.15) is 17.0 Å². The van der Waals surface area contributed by atoms with Gasteiger partial charge in [-0.25, -0.2) is 0 Å². The molecule has 1 atom stereocenters. The summed E-state index contributed by atoms with van der Waals surface area (Å²) in [6.45, 7) is 0.756. The van der Waals surface area contributed by atoms with Crippen molar-refractivity contribution in [3.05, 3.63) is 71.9 Å². The number of likely N-dealkylation sites (tertiary alicyclic amines) is 1. The first kappa shape index (κ1) is 17.3. The summed E-state index contributed by atoms with van der Waals surface area (Å²) in [5.41, 5.74) is 1.68. The summed E-state index contributed by atoms with van der Waals surface area (Å²) in [6.07, 6.45) is 0.510. The van der Waals surface area contributed by atoms with Crippen molar-refractivity contribution < 1.29 is 14.6 Å². The lowest BCUT2D eigenvalue weighted by atomic mass is 9.93. The highest BCUT2D eigenvalue weighted by molar-refractivity contribution is 5.94. The number of methoxy groups -OCH3 is 1.